The molecule has 0 N–H and O–H groups in total. The minimum absolute atomic E-state index is 0.0211. The van der Waals surface area contributed by atoms with Crippen molar-refractivity contribution < 1.29 is 9.59 Å². The summed E-state index contributed by atoms with van der Waals surface area (Å²) in [6.07, 6.45) is 2.53. The van der Waals surface area contributed by atoms with Crippen LogP contribution in [0.3, 0.4) is 0 Å². The van der Waals surface area contributed by atoms with Crippen LogP contribution in [-0.4, -0.2) is 48.9 Å². The van der Waals surface area contributed by atoms with E-state index in [2.05, 4.69) is 23.7 Å². The molecule has 19 heavy (non-hydrogen) atoms. The van der Waals surface area contributed by atoms with Gasteiger partial charge in [0.05, 0.1) is 6.54 Å². The minimum Gasteiger partial charge on any atom is -0.302 e. The van der Waals surface area contributed by atoms with E-state index in [1.165, 1.54) is 0 Å². The van der Waals surface area contributed by atoms with Crippen molar-refractivity contribution in [2.45, 2.75) is 40.5 Å². The second kappa shape index (κ2) is 6.94. The van der Waals surface area contributed by atoms with Gasteiger partial charge in [0.2, 0.25) is 0 Å². The van der Waals surface area contributed by atoms with E-state index in [-0.39, 0.29) is 17.0 Å². The molecule has 0 unspecified atom stereocenters. The zero-order chi connectivity index (χ0) is 14.5. The highest BCUT2D eigenvalue weighted by atomic mass is 16.2. The Bertz CT molecular complexity index is 337. The fourth-order valence-corrected chi connectivity index (χ4v) is 2.49. The minimum atomic E-state index is -0.593. The third-order valence-corrected chi connectivity index (χ3v) is 3.69. The van der Waals surface area contributed by atoms with Gasteiger partial charge < -0.3 is 4.90 Å². The predicted molar refractivity (Wildman–Crippen MR) is 77.7 cm³/mol. The molecule has 0 heterocycles. The van der Waals surface area contributed by atoms with Gasteiger partial charge in [0.25, 0.3) is 0 Å². The van der Waals surface area contributed by atoms with Crippen molar-refractivity contribution in [1.29, 1.82) is 0 Å². The first kappa shape index (κ1) is 16.0. The van der Waals surface area contributed by atoms with Crippen molar-refractivity contribution in [1.82, 2.24) is 4.90 Å². The molecule has 4 nitrogen and oxygen atoms in total. The Kier molecular flexibility index (Phi) is 5.85. The summed E-state index contributed by atoms with van der Waals surface area (Å²) in [4.78, 5) is 30.4. The Hall–Kier alpha value is -1.03. The van der Waals surface area contributed by atoms with E-state index in [0.717, 1.165) is 19.6 Å². The Morgan fingerprint density at radius 2 is 1.74 bits per heavy atom. The lowest BCUT2D eigenvalue weighted by molar-refractivity contribution is -0.136. The number of rotatable bonds is 6. The lowest BCUT2D eigenvalue weighted by Gasteiger charge is -2.30. The number of aliphatic imine (C=N–C) groups is 1. The van der Waals surface area contributed by atoms with E-state index < -0.39 is 5.92 Å². The van der Waals surface area contributed by atoms with Crippen LogP contribution >= 0.6 is 0 Å². The molecule has 0 aliphatic heterocycles. The lowest BCUT2D eigenvalue weighted by atomic mass is 9.72. The summed E-state index contributed by atoms with van der Waals surface area (Å²) in [6, 6.07) is 0. The summed E-state index contributed by atoms with van der Waals surface area (Å²) >= 11 is 0. The van der Waals surface area contributed by atoms with E-state index >= 15 is 0 Å². The average molecular weight is 266 g/mol. The van der Waals surface area contributed by atoms with Gasteiger partial charge in [0.1, 0.15) is 17.5 Å². The number of hydrogen-bond donors (Lipinski definition) is 0. The molecular formula is C15H26N2O2. The third-order valence-electron chi connectivity index (χ3n) is 3.69. The topological polar surface area (TPSA) is 49.7 Å². The van der Waals surface area contributed by atoms with Crippen molar-refractivity contribution in [3.8, 4) is 0 Å². The van der Waals surface area contributed by atoms with Crippen molar-refractivity contribution >= 4 is 17.8 Å². The zero-order valence-electron chi connectivity index (χ0n) is 12.6. The van der Waals surface area contributed by atoms with Crippen LogP contribution in [0.2, 0.25) is 0 Å². The van der Waals surface area contributed by atoms with Crippen LogP contribution in [0.15, 0.2) is 4.99 Å². The average Bonchev–Trinajstić information content (AvgIpc) is 2.30. The number of nitrogens with zero attached hydrogens (tertiary/aromatic N) is 2. The zero-order valence-corrected chi connectivity index (χ0v) is 12.6. The van der Waals surface area contributed by atoms with Crippen LogP contribution in [0.4, 0.5) is 0 Å². The molecule has 1 aliphatic rings. The van der Waals surface area contributed by atoms with Gasteiger partial charge in [-0.25, -0.2) is 0 Å². The molecule has 1 aliphatic carbocycles. The molecule has 0 bridgehead atoms. The first-order valence-corrected chi connectivity index (χ1v) is 7.17. The van der Waals surface area contributed by atoms with E-state index in [0.29, 0.717) is 19.4 Å². The summed E-state index contributed by atoms with van der Waals surface area (Å²) in [5.74, 6) is -0.551. The second-order valence-electron chi connectivity index (χ2n) is 6.01. The van der Waals surface area contributed by atoms with Crippen LogP contribution in [0.5, 0.6) is 0 Å². The molecule has 0 aromatic rings. The highest BCUT2D eigenvalue weighted by Gasteiger charge is 2.38. The molecule has 0 amide bonds. The van der Waals surface area contributed by atoms with Crippen LogP contribution < -0.4 is 0 Å². The molecule has 1 rings (SSSR count). The van der Waals surface area contributed by atoms with Gasteiger partial charge in [-0.15, -0.1) is 0 Å². The molecular weight excluding hydrogens is 240 g/mol. The fraction of sp³-hybridized carbons (Fsp3) is 0.800. The molecule has 1 fully saturated rings. The van der Waals surface area contributed by atoms with Gasteiger partial charge in [-0.3, -0.25) is 14.6 Å². The van der Waals surface area contributed by atoms with Gasteiger partial charge in [-0.2, -0.15) is 0 Å². The van der Waals surface area contributed by atoms with E-state index in [4.69, 9.17) is 0 Å². The predicted octanol–water partition coefficient (Wildman–Crippen LogP) is 1.97. The summed E-state index contributed by atoms with van der Waals surface area (Å²) in [6.45, 7) is 11.7. The first-order chi connectivity index (χ1) is 8.89. The van der Waals surface area contributed by atoms with Gasteiger partial charge >= 0.3 is 0 Å². The maximum atomic E-state index is 11.9. The number of hydrogen-bond acceptors (Lipinski definition) is 4. The molecule has 0 atom stereocenters. The smallest absolute Gasteiger partial charge is 0.149 e. The Balaban J connectivity index is 2.48. The fourth-order valence-electron chi connectivity index (χ4n) is 2.49. The number of likely N-dealkylation sites (N-methyl/N-ethyl adjacent to an activating group) is 1. The van der Waals surface area contributed by atoms with Gasteiger partial charge in [0, 0.05) is 25.6 Å². The molecule has 0 spiro atoms. The Morgan fingerprint density at radius 3 is 2.21 bits per heavy atom. The summed E-state index contributed by atoms with van der Waals surface area (Å²) in [5.41, 5.74) is -0.181. The maximum absolute atomic E-state index is 11.9. The van der Waals surface area contributed by atoms with Crippen LogP contribution in [0.1, 0.15) is 40.5 Å². The first-order valence-electron chi connectivity index (χ1n) is 7.17. The van der Waals surface area contributed by atoms with Crippen molar-refractivity contribution in [3.05, 3.63) is 0 Å². The number of ketones is 2. The van der Waals surface area contributed by atoms with Crippen LogP contribution in [0, 0.1) is 11.3 Å². The molecule has 0 aromatic carbocycles. The number of carbonyl (C=O) groups is 2. The van der Waals surface area contributed by atoms with E-state index in [1.807, 2.05) is 13.8 Å². The van der Waals surface area contributed by atoms with Crippen LogP contribution in [-0.2, 0) is 9.59 Å². The third kappa shape index (κ3) is 4.86. The quantitative estimate of drug-likeness (QED) is 0.545. The molecule has 4 heteroatoms. The number of carbonyl (C=O) groups excluding carboxylic acids is 2. The summed E-state index contributed by atoms with van der Waals surface area (Å²) < 4.78 is 0. The summed E-state index contributed by atoms with van der Waals surface area (Å²) in [5, 5.41) is 0. The van der Waals surface area contributed by atoms with Gasteiger partial charge in [0.15, 0.2) is 0 Å². The van der Waals surface area contributed by atoms with Crippen molar-refractivity contribution in [2.24, 2.45) is 16.3 Å². The molecule has 108 valence electrons. The van der Waals surface area contributed by atoms with E-state index in [9.17, 15) is 9.59 Å². The standard InChI is InChI=1S/C15H26N2O2/c1-5-17(6-2)8-7-16-11-12-13(18)9-15(3,4)10-14(12)19/h11-12H,5-10H2,1-4H3. The van der Waals surface area contributed by atoms with Crippen molar-refractivity contribution in [3.63, 3.8) is 0 Å². The Labute approximate surface area is 116 Å². The van der Waals surface area contributed by atoms with Gasteiger partial charge in [-0.05, 0) is 18.5 Å². The molecule has 0 radical (unpaired) electrons. The normalized spacial score (nSPS) is 20.7. The molecule has 1 saturated carbocycles. The highest BCUT2D eigenvalue weighted by Crippen LogP contribution is 2.33. The lowest BCUT2D eigenvalue weighted by Crippen LogP contribution is -2.38. The second-order valence-corrected chi connectivity index (χ2v) is 6.01. The molecule has 0 saturated heterocycles. The highest BCUT2D eigenvalue weighted by molar-refractivity contribution is 6.16. The van der Waals surface area contributed by atoms with E-state index in [1.54, 1.807) is 6.21 Å². The number of Topliss-reactive ketones (excluding diaryl/α,β-unsaturated/α-hetero) is 2. The van der Waals surface area contributed by atoms with Crippen LogP contribution in [0.25, 0.3) is 0 Å². The Morgan fingerprint density at radius 1 is 1.21 bits per heavy atom. The monoisotopic (exact) mass is 266 g/mol. The maximum Gasteiger partial charge on any atom is 0.149 e. The molecule has 0 aromatic heterocycles. The summed E-state index contributed by atoms with van der Waals surface area (Å²) in [7, 11) is 0. The largest absolute Gasteiger partial charge is 0.302 e. The van der Waals surface area contributed by atoms with Crippen molar-refractivity contribution in [2.75, 3.05) is 26.2 Å². The van der Waals surface area contributed by atoms with Gasteiger partial charge in [-0.1, -0.05) is 27.7 Å². The SMILES string of the molecule is CCN(CC)CCN=CC1C(=O)CC(C)(C)CC1=O.